The standard InChI is InChI=1S/C27H22IN3O5/c1-2-35-25-14-19(13-24(28)26(25)36-17-18-7-11-23(12-8-18)31(33)34)16-29-30-27(32)22-10-9-20-5-3-4-6-21(20)15-22/h3-16H,2,17H2,1H3,(H,30,32)/b29-16-. The summed E-state index contributed by atoms with van der Waals surface area (Å²) in [5.41, 5.74) is 4.63. The van der Waals surface area contributed by atoms with Crippen molar-refractivity contribution >= 4 is 51.2 Å². The van der Waals surface area contributed by atoms with Crippen LogP contribution in [0, 0.1) is 13.7 Å². The van der Waals surface area contributed by atoms with E-state index in [9.17, 15) is 14.9 Å². The van der Waals surface area contributed by atoms with E-state index in [1.54, 1.807) is 30.5 Å². The Morgan fingerprint density at radius 1 is 1.03 bits per heavy atom. The molecule has 0 fully saturated rings. The number of nitrogens with zero attached hydrogens (tertiary/aromatic N) is 2. The van der Waals surface area contributed by atoms with Crippen LogP contribution in [0.5, 0.6) is 11.5 Å². The fraction of sp³-hybridized carbons (Fsp3) is 0.111. The molecule has 4 aromatic rings. The molecule has 0 bridgehead atoms. The molecule has 0 unspecified atom stereocenters. The van der Waals surface area contributed by atoms with Crippen molar-refractivity contribution in [3.05, 3.63) is 109 Å². The Morgan fingerprint density at radius 2 is 1.78 bits per heavy atom. The number of benzene rings is 4. The fourth-order valence-corrected chi connectivity index (χ4v) is 4.28. The molecular weight excluding hydrogens is 573 g/mol. The number of fused-ring (bicyclic) bond motifs is 1. The number of nitro benzene ring substituents is 1. The molecule has 0 spiro atoms. The molecule has 0 radical (unpaired) electrons. The summed E-state index contributed by atoms with van der Waals surface area (Å²) >= 11 is 2.15. The van der Waals surface area contributed by atoms with Crippen LogP contribution in [0.2, 0.25) is 0 Å². The molecule has 4 rings (SSSR count). The van der Waals surface area contributed by atoms with Gasteiger partial charge in [0.2, 0.25) is 0 Å². The van der Waals surface area contributed by atoms with Gasteiger partial charge in [-0.05, 0) is 87.8 Å². The number of amides is 1. The lowest BCUT2D eigenvalue weighted by Gasteiger charge is -2.14. The number of halogens is 1. The molecule has 9 heteroatoms. The first kappa shape index (κ1) is 25.1. The summed E-state index contributed by atoms with van der Waals surface area (Å²) in [7, 11) is 0. The number of carbonyl (C=O) groups is 1. The van der Waals surface area contributed by atoms with E-state index in [4.69, 9.17) is 9.47 Å². The second-order valence-electron chi connectivity index (χ2n) is 7.74. The molecule has 1 amide bonds. The van der Waals surface area contributed by atoms with Gasteiger partial charge in [-0.1, -0.05) is 30.3 Å². The van der Waals surface area contributed by atoms with Gasteiger partial charge in [-0.25, -0.2) is 5.43 Å². The summed E-state index contributed by atoms with van der Waals surface area (Å²) in [5, 5.41) is 17.0. The van der Waals surface area contributed by atoms with Gasteiger partial charge in [-0.15, -0.1) is 0 Å². The minimum absolute atomic E-state index is 0.0275. The van der Waals surface area contributed by atoms with Crippen molar-refractivity contribution < 1.29 is 19.2 Å². The first-order chi connectivity index (χ1) is 17.4. The van der Waals surface area contributed by atoms with Gasteiger partial charge < -0.3 is 9.47 Å². The number of hydrazone groups is 1. The lowest BCUT2D eigenvalue weighted by molar-refractivity contribution is -0.384. The molecular formula is C27H22IN3O5. The van der Waals surface area contributed by atoms with E-state index < -0.39 is 4.92 Å². The number of nitrogens with one attached hydrogen (secondary N) is 1. The van der Waals surface area contributed by atoms with Gasteiger partial charge in [0.15, 0.2) is 11.5 Å². The van der Waals surface area contributed by atoms with E-state index in [0.29, 0.717) is 23.7 Å². The van der Waals surface area contributed by atoms with Crippen LogP contribution in [-0.2, 0) is 6.61 Å². The quantitative estimate of drug-likeness (QED) is 0.109. The van der Waals surface area contributed by atoms with Crippen molar-refractivity contribution in [2.45, 2.75) is 13.5 Å². The van der Waals surface area contributed by atoms with Crippen LogP contribution in [0.4, 0.5) is 5.69 Å². The molecule has 0 atom stereocenters. The van der Waals surface area contributed by atoms with E-state index in [0.717, 1.165) is 25.5 Å². The van der Waals surface area contributed by atoms with Crippen LogP contribution in [0.25, 0.3) is 10.8 Å². The zero-order valence-corrected chi connectivity index (χ0v) is 21.5. The summed E-state index contributed by atoms with van der Waals surface area (Å²) in [6.45, 7) is 2.53. The predicted molar refractivity (Wildman–Crippen MR) is 147 cm³/mol. The maximum atomic E-state index is 12.5. The van der Waals surface area contributed by atoms with Crippen molar-refractivity contribution in [1.29, 1.82) is 0 Å². The van der Waals surface area contributed by atoms with Crippen molar-refractivity contribution in [3.63, 3.8) is 0 Å². The van der Waals surface area contributed by atoms with Crippen molar-refractivity contribution in [2.75, 3.05) is 6.61 Å². The Morgan fingerprint density at radius 3 is 2.50 bits per heavy atom. The third-order valence-corrected chi connectivity index (χ3v) is 6.05. The molecule has 4 aromatic carbocycles. The third kappa shape index (κ3) is 6.16. The largest absolute Gasteiger partial charge is 0.490 e. The average Bonchev–Trinajstić information content (AvgIpc) is 2.88. The fourth-order valence-electron chi connectivity index (χ4n) is 3.50. The van der Waals surface area contributed by atoms with Crippen molar-refractivity contribution in [1.82, 2.24) is 5.43 Å². The summed E-state index contributed by atoms with van der Waals surface area (Å²) in [6, 6.07) is 23.2. The molecule has 36 heavy (non-hydrogen) atoms. The molecule has 0 aliphatic rings. The molecule has 8 nitrogen and oxygen atoms in total. The molecule has 0 aromatic heterocycles. The zero-order chi connectivity index (χ0) is 25.5. The van der Waals surface area contributed by atoms with Crippen LogP contribution in [0.15, 0.2) is 84.0 Å². The minimum Gasteiger partial charge on any atom is -0.490 e. The van der Waals surface area contributed by atoms with E-state index in [1.807, 2.05) is 49.4 Å². The third-order valence-electron chi connectivity index (χ3n) is 5.25. The topological polar surface area (TPSA) is 103 Å². The summed E-state index contributed by atoms with van der Waals surface area (Å²) in [4.78, 5) is 22.9. The Labute approximate surface area is 221 Å². The van der Waals surface area contributed by atoms with E-state index >= 15 is 0 Å². The van der Waals surface area contributed by atoms with Gasteiger partial charge in [0, 0.05) is 17.7 Å². The first-order valence-electron chi connectivity index (χ1n) is 11.1. The summed E-state index contributed by atoms with van der Waals surface area (Å²) < 4.78 is 12.5. The van der Waals surface area contributed by atoms with Crippen LogP contribution < -0.4 is 14.9 Å². The Balaban J connectivity index is 1.45. The van der Waals surface area contributed by atoms with Gasteiger partial charge in [-0.3, -0.25) is 14.9 Å². The monoisotopic (exact) mass is 595 g/mol. The average molecular weight is 595 g/mol. The second-order valence-corrected chi connectivity index (χ2v) is 8.90. The Kier molecular flexibility index (Phi) is 8.11. The predicted octanol–water partition coefficient (Wildman–Crippen LogP) is 6.09. The van der Waals surface area contributed by atoms with Crippen LogP contribution in [-0.4, -0.2) is 23.7 Å². The molecule has 0 saturated carbocycles. The number of hydrogen-bond acceptors (Lipinski definition) is 6. The number of hydrogen-bond donors (Lipinski definition) is 1. The smallest absolute Gasteiger partial charge is 0.271 e. The summed E-state index contributed by atoms with van der Waals surface area (Å²) in [5.74, 6) is 0.793. The highest BCUT2D eigenvalue weighted by molar-refractivity contribution is 14.1. The minimum atomic E-state index is -0.439. The number of rotatable bonds is 9. The highest BCUT2D eigenvalue weighted by Crippen LogP contribution is 2.34. The van der Waals surface area contributed by atoms with Crippen LogP contribution in [0.1, 0.15) is 28.4 Å². The molecule has 182 valence electrons. The van der Waals surface area contributed by atoms with Crippen LogP contribution in [0.3, 0.4) is 0 Å². The highest BCUT2D eigenvalue weighted by Gasteiger charge is 2.13. The summed E-state index contributed by atoms with van der Waals surface area (Å²) in [6.07, 6.45) is 1.55. The molecule has 0 heterocycles. The molecule has 0 saturated heterocycles. The van der Waals surface area contributed by atoms with Gasteiger partial charge in [0.25, 0.3) is 11.6 Å². The Hall–Kier alpha value is -3.99. The number of non-ortho nitro benzene ring substituents is 1. The highest BCUT2D eigenvalue weighted by atomic mass is 127. The normalized spacial score (nSPS) is 10.9. The molecule has 0 aliphatic carbocycles. The molecule has 0 aliphatic heterocycles. The zero-order valence-electron chi connectivity index (χ0n) is 19.3. The SMILES string of the molecule is CCOc1cc(/C=N\NC(=O)c2ccc3ccccc3c2)cc(I)c1OCc1ccc([N+](=O)[O-])cc1. The van der Waals surface area contributed by atoms with Gasteiger partial charge in [0.05, 0.1) is 21.3 Å². The van der Waals surface area contributed by atoms with Gasteiger partial charge in [0.1, 0.15) is 6.61 Å². The van der Waals surface area contributed by atoms with E-state index in [-0.39, 0.29) is 18.2 Å². The lowest BCUT2D eigenvalue weighted by atomic mass is 10.1. The van der Waals surface area contributed by atoms with Gasteiger partial charge >= 0.3 is 0 Å². The van der Waals surface area contributed by atoms with Crippen molar-refractivity contribution in [3.8, 4) is 11.5 Å². The maximum Gasteiger partial charge on any atom is 0.271 e. The number of nitro groups is 1. The second kappa shape index (κ2) is 11.6. The molecule has 1 N–H and O–H groups in total. The number of carbonyl (C=O) groups excluding carboxylic acids is 1. The first-order valence-corrected chi connectivity index (χ1v) is 12.2. The maximum absolute atomic E-state index is 12.5. The number of ether oxygens (including phenoxy) is 2. The van der Waals surface area contributed by atoms with E-state index in [1.165, 1.54) is 12.1 Å². The van der Waals surface area contributed by atoms with Crippen molar-refractivity contribution in [2.24, 2.45) is 5.10 Å². The van der Waals surface area contributed by atoms with Gasteiger partial charge in [-0.2, -0.15) is 5.10 Å². The van der Waals surface area contributed by atoms with Crippen LogP contribution >= 0.6 is 22.6 Å². The Bertz CT molecular complexity index is 1440. The van der Waals surface area contributed by atoms with E-state index in [2.05, 4.69) is 33.1 Å². The lowest BCUT2D eigenvalue weighted by Crippen LogP contribution is -2.17.